The van der Waals surface area contributed by atoms with Crippen molar-refractivity contribution in [1.82, 2.24) is 0 Å². The predicted octanol–water partition coefficient (Wildman–Crippen LogP) is 13.1. The molecule has 1 aromatic rings. The van der Waals surface area contributed by atoms with Gasteiger partial charge in [-0.3, -0.25) is 0 Å². The number of aliphatic hydroxyl groups is 2. The minimum Gasteiger partial charge on any atom is -0.490 e. The number of hydrogen-bond acceptors (Lipinski definition) is 7. The molecule has 0 aliphatic carbocycles. The number of carbonyl (C=O) groups excluding carboxylic acids is 1. The van der Waals surface area contributed by atoms with Gasteiger partial charge in [-0.1, -0.05) is 194 Å². The van der Waals surface area contributed by atoms with E-state index in [9.17, 15) is 15.0 Å². The summed E-state index contributed by atoms with van der Waals surface area (Å²) < 4.78 is 24.4. The Labute approximate surface area is 326 Å². The molecule has 0 fully saturated rings. The molecule has 1 rings (SSSR count). The molecule has 2 N–H and O–H groups in total. The summed E-state index contributed by atoms with van der Waals surface area (Å²) in [4.78, 5) is 13.1. The van der Waals surface area contributed by atoms with Crippen molar-refractivity contribution in [3.63, 3.8) is 0 Å². The van der Waals surface area contributed by atoms with Gasteiger partial charge in [0.15, 0.2) is 11.5 Å². The van der Waals surface area contributed by atoms with Gasteiger partial charge in [0.1, 0.15) is 12.7 Å². The lowest BCUT2D eigenvalue weighted by Gasteiger charge is -2.19. The molecule has 0 heterocycles. The van der Waals surface area contributed by atoms with Gasteiger partial charge < -0.3 is 29.2 Å². The summed E-state index contributed by atoms with van der Waals surface area (Å²) >= 11 is 0. The highest BCUT2D eigenvalue weighted by Gasteiger charge is 2.21. The Morgan fingerprint density at radius 1 is 0.491 bits per heavy atom. The van der Waals surface area contributed by atoms with E-state index in [0.29, 0.717) is 37.1 Å². The number of rotatable bonds is 40. The average Bonchev–Trinajstić information content (AvgIpc) is 3.17. The molecule has 1 atom stereocenters. The van der Waals surface area contributed by atoms with Gasteiger partial charge in [-0.25, -0.2) is 4.79 Å². The van der Waals surface area contributed by atoms with Gasteiger partial charge in [-0.2, -0.15) is 0 Å². The van der Waals surface area contributed by atoms with Crippen LogP contribution in [0.2, 0.25) is 0 Å². The van der Waals surface area contributed by atoms with Crippen LogP contribution in [0, 0.1) is 0 Å². The van der Waals surface area contributed by atoms with Gasteiger partial charge >= 0.3 is 5.97 Å². The zero-order valence-electron chi connectivity index (χ0n) is 34.9. The Morgan fingerprint density at radius 3 is 1.11 bits per heavy atom. The minimum absolute atomic E-state index is 0.282. The number of unbranched alkanes of at least 4 members (excludes halogenated alkanes) is 27. The lowest BCUT2D eigenvalue weighted by molar-refractivity contribution is 0.00926. The maximum absolute atomic E-state index is 13.1. The van der Waals surface area contributed by atoms with Crippen LogP contribution in [0.5, 0.6) is 17.2 Å². The van der Waals surface area contributed by atoms with Crippen molar-refractivity contribution in [1.29, 1.82) is 0 Å². The molecule has 0 bridgehead atoms. The Balaban J connectivity index is 2.84. The highest BCUT2D eigenvalue weighted by atomic mass is 16.6. The molecule has 310 valence electrons. The first kappa shape index (κ1) is 49.0. The minimum atomic E-state index is -1.12. The second-order valence-corrected chi connectivity index (χ2v) is 15.3. The number of benzene rings is 1. The second-order valence-electron chi connectivity index (χ2n) is 15.3. The van der Waals surface area contributed by atoms with Crippen molar-refractivity contribution in [2.24, 2.45) is 0 Å². The SMILES string of the molecule is CCCCCCCCCCCCOc1cc(C(=O)OCC(O)CO)cc(OCCCCCCCCCCCC)c1OCCCCCCCCCCCC. The van der Waals surface area contributed by atoms with Crippen molar-refractivity contribution >= 4 is 5.97 Å². The Kier molecular flexibility index (Phi) is 34.2. The fourth-order valence-electron chi connectivity index (χ4n) is 6.67. The highest BCUT2D eigenvalue weighted by Crippen LogP contribution is 2.40. The van der Waals surface area contributed by atoms with E-state index in [1.165, 1.54) is 154 Å². The van der Waals surface area contributed by atoms with E-state index < -0.39 is 18.7 Å². The molecule has 7 nitrogen and oxygen atoms in total. The quantitative estimate of drug-likeness (QED) is 0.0510. The molecule has 1 aromatic carbocycles. The maximum atomic E-state index is 13.1. The molecular weight excluding hydrogens is 664 g/mol. The Bertz CT molecular complexity index is 905. The molecule has 0 aliphatic rings. The first-order valence-electron chi connectivity index (χ1n) is 22.6. The van der Waals surface area contributed by atoms with Gasteiger partial charge in [0, 0.05) is 0 Å². The van der Waals surface area contributed by atoms with Crippen LogP contribution in [0.15, 0.2) is 12.1 Å². The van der Waals surface area contributed by atoms with Gasteiger partial charge in [0.2, 0.25) is 5.75 Å². The van der Waals surface area contributed by atoms with Crippen molar-refractivity contribution < 1.29 is 34.0 Å². The number of esters is 1. The van der Waals surface area contributed by atoms with E-state index in [1.807, 2.05) is 0 Å². The molecule has 0 amide bonds. The monoisotopic (exact) mass is 749 g/mol. The van der Waals surface area contributed by atoms with E-state index in [1.54, 1.807) is 12.1 Å². The zero-order valence-corrected chi connectivity index (χ0v) is 34.9. The van der Waals surface area contributed by atoms with Crippen molar-refractivity contribution in [2.75, 3.05) is 33.0 Å². The summed E-state index contributed by atoms with van der Waals surface area (Å²) in [6.45, 7) is 7.65. The molecule has 0 aliphatic heterocycles. The van der Waals surface area contributed by atoms with Gasteiger partial charge in [0.05, 0.1) is 32.0 Å². The third-order valence-electron chi connectivity index (χ3n) is 10.1. The molecule has 0 aromatic heterocycles. The molecule has 53 heavy (non-hydrogen) atoms. The highest BCUT2D eigenvalue weighted by molar-refractivity contribution is 5.91. The topological polar surface area (TPSA) is 94.5 Å². The number of ether oxygens (including phenoxy) is 4. The van der Waals surface area contributed by atoms with Crippen LogP contribution in [0.3, 0.4) is 0 Å². The largest absolute Gasteiger partial charge is 0.490 e. The van der Waals surface area contributed by atoms with Crippen molar-refractivity contribution in [2.45, 2.75) is 219 Å². The number of carbonyl (C=O) groups is 1. The van der Waals surface area contributed by atoms with Crippen LogP contribution < -0.4 is 14.2 Å². The van der Waals surface area contributed by atoms with E-state index >= 15 is 0 Å². The lowest BCUT2D eigenvalue weighted by atomic mass is 10.1. The van der Waals surface area contributed by atoms with Crippen LogP contribution in [-0.4, -0.2) is 55.3 Å². The van der Waals surface area contributed by atoms with Crippen LogP contribution in [0.4, 0.5) is 0 Å². The summed E-state index contributed by atoms with van der Waals surface area (Å²) in [5.74, 6) is 0.977. The fourth-order valence-corrected chi connectivity index (χ4v) is 6.67. The maximum Gasteiger partial charge on any atom is 0.338 e. The molecule has 0 saturated carbocycles. The smallest absolute Gasteiger partial charge is 0.338 e. The third-order valence-corrected chi connectivity index (χ3v) is 10.1. The number of aliphatic hydroxyl groups excluding tert-OH is 2. The van der Waals surface area contributed by atoms with Crippen molar-refractivity contribution in [3.8, 4) is 17.2 Å². The normalized spacial score (nSPS) is 11.9. The van der Waals surface area contributed by atoms with Crippen molar-refractivity contribution in [3.05, 3.63) is 17.7 Å². The first-order chi connectivity index (χ1) is 26.1. The van der Waals surface area contributed by atoms with Gasteiger partial charge in [-0.15, -0.1) is 0 Å². The van der Waals surface area contributed by atoms with E-state index in [2.05, 4.69) is 20.8 Å². The summed E-state index contributed by atoms with van der Waals surface area (Å²) in [5.41, 5.74) is 0.289. The Hall–Kier alpha value is -1.99. The standard InChI is InChI=1S/C46H84O7/c1-4-7-10-13-16-19-22-25-28-31-34-50-43-37-41(46(49)53-40-42(48)39-47)38-44(51-35-32-29-26-23-20-17-14-11-8-5-2)45(43)52-36-33-30-27-24-21-18-15-12-9-6-3/h37-38,42,47-48H,4-36,39-40H2,1-3H3. The molecule has 7 heteroatoms. The summed E-state index contributed by atoms with van der Waals surface area (Å²) in [5, 5.41) is 19.0. The third kappa shape index (κ3) is 28.1. The Morgan fingerprint density at radius 2 is 0.792 bits per heavy atom. The van der Waals surface area contributed by atoms with Crippen LogP contribution in [0.25, 0.3) is 0 Å². The van der Waals surface area contributed by atoms with Crippen LogP contribution in [-0.2, 0) is 4.74 Å². The summed E-state index contributed by atoms with van der Waals surface area (Å²) in [7, 11) is 0. The van der Waals surface area contributed by atoms with Crippen LogP contribution in [0.1, 0.15) is 224 Å². The summed E-state index contributed by atoms with van der Waals surface area (Å²) in [6, 6.07) is 3.37. The van der Waals surface area contributed by atoms with Gasteiger partial charge in [0.25, 0.3) is 0 Å². The zero-order chi connectivity index (χ0) is 38.5. The second kappa shape index (κ2) is 37.0. The average molecular weight is 749 g/mol. The van der Waals surface area contributed by atoms with Crippen LogP contribution >= 0.6 is 0 Å². The molecule has 0 spiro atoms. The predicted molar refractivity (Wildman–Crippen MR) is 222 cm³/mol. The molecule has 0 radical (unpaired) electrons. The van der Waals surface area contributed by atoms with Gasteiger partial charge in [-0.05, 0) is 31.4 Å². The van der Waals surface area contributed by atoms with E-state index in [0.717, 1.165) is 38.5 Å². The lowest BCUT2D eigenvalue weighted by Crippen LogP contribution is -2.22. The molecule has 1 unspecified atom stereocenters. The number of hydrogen-bond donors (Lipinski definition) is 2. The molecular formula is C46H84O7. The fraction of sp³-hybridized carbons (Fsp3) is 0.848. The van der Waals surface area contributed by atoms with E-state index in [4.69, 9.17) is 18.9 Å². The first-order valence-corrected chi connectivity index (χ1v) is 22.6. The summed E-state index contributed by atoms with van der Waals surface area (Å²) in [6.07, 6.45) is 36.4. The molecule has 0 saturated heterocycles. The van der Waals surface area contributed by atoms with E-state index in [-0.39, 0.29) is 12.2 Å².